The van der Waals surface area contributed by atoms with Crippen LogP contribution in [0, 0.1) is 6.92 Å². The monoisotopic (exact) mass is 441 g/mol. The maximum Gasteiger partial charge on any atom is 0.272 e. The van der Waals surface area contributed by atoms with Gasteiger partial charge >= 0.3 is 0 Å². The number of ether oxygens (including phenoxy) is 2. The highest BCUT2D eigenvalue weighted by molar-refractivity contribution is 6.31. The Bertz CT molecular complexity index is 1100. The topological polar surface area (TPSA) is 106 Å². The van der Waals surface area contributed by atoms with Crippen LogP contribution in [0.5, 0.6) is 5.75 Å². The van der Waals surface area contributed by atoms with Gasteiger partial charge in [-0.3, -0.25) is 14.9 Å². The van der Waals surface area contributed by atoms with E-state index in [0.29, 0.717) is 59.7 Å². The van der Waals surface area contributed by atoms with Gasteiger partial charge in [-0.2, -0.15) is 5.10 Å². The maximum absolute atomic E-state index is 13.3. The standard InChI is InChI=1S/C22H24ClN5O3/c1-13-8-18(25-11-17(13)24)19-10-20(27-26-19)22(29)28-6-7-31-12-14(28)9-15-16(23)4-3-5-21(15)30-2/h3-5,8,10-11,14H,6-7,9,12,24H2,1-2H3,(H,26,27)/t14-/m1/s1. The molecule has 0 spiro atoms. The van der Waals surface area contributed by atoms with E-state index in [1.807, 2.05) is 31.2 Å². The average molecular weight is 442 g/mol. The number of hydrogen-bond acceptors (Lipinski definition) is 6. The molecule has 3 aromatic rings. The molecule has 31 heavy (non-hydrogen) atoms. The van der Waals surface area contributed by atoms with Crippen LogP contribution in [0.1, 0.15) is 21.6 Å². The summed E-state index contributed by atoms with van der Waals surface area (Å²) in [6.07, 6.45) is 2.12. The summed E-state index contributed by atoms with van der Waals surface area (Å²) in [7, 11) is 1.61. The van der Waals surface area contributed by atoms with Crippen molar-refractivity contribution in [2.24, 2.45) is 0 Å². The number of nitrogens with two attached hydrogens (primary N) is 1. The summed E-state index contributed by atoms with van der Waals surface area (Å²) in [6.45, 7) is 3.27. The van der Waals surface area contributed by atoms with Crippen LogP contribution in [0.15, 0.2) is 36.5 Å². The normalized spacial score (nSPS) is 16.4. The fourth-order valence-corrected chi connectivity index (χ4v) is 3.92. The molecule has 1 atom stereocenters. The number of carbonyl (C=O) groups is 1. The molecule has 4 rings (SSSR count). The highest BCUT2D eigenvalue weighted by Crippen LogP contribution is 2.29. The summed E-state index contributed by atoms with van der Waals surface area (Å²) in [5.74, 6) is 0.546. The predicted octanol–water partition coefficient (Wildman–Crippen LogP) is 3.11. The molecule has 3 heterocycles. The molecule has 0 unspecified atom stereocenters. The van der Waals surface area contributed by atoms with Crippen molar-refractivity contribution in [2.45, 2.75) is 19.4 Å². The molecule has 2 aromatic heterocycles. The third kappa shape index (κ3) is 4.35. The van der Waals surface area contributed by atoms with Crippen LogP contribution < -0.4 is 10.5 Å². The number of halogens is 1. The molecule has 0 aliphatic carbocycles. The van der Waals surface area contributed by atoms with Crippen molar-refractivity contribution in [3.8, 4) is 17.1 Å². The lowest BCUT2D eigenvalue weighted by molar-refractivity contribution is -0.00207. The lowest BCUT2D eigenvalue weighted by Crippen LogP contribution is -2.49. The van der Waals surface area contributed by atoms with Gasteiger partial charge in [0.25, 0.3) is 5.91 Å². The number of morpholine rings is 1. The Balaban J connectivity index is 1.57. The van der Waals surface area contributed by atoms with E-state index < -0.39 is 0 Å². The van der Waals surface area contributed by atoms with Gasteiger partial charge in [0.2, 0.25) is 0 Å². The number of aromatic nitrogens is 3. The van der Waals surface area contributed by atoms with Gasteiger partial charge in [-0.05, 0) is 36.8 Å². The number of aromatic amines is 1. The molecule has 8 nitrogen and oxygen atoms in total. The summed E-state index contributed by atoms with van der Waals surface area (Å²) >= 11 is 6.41. The maximum atomic E-state index is 13.3. The van der Waals surface area contributed by atoms with Crippen molar-refractivity contribution in [1.29, 1.82) is 0 Å². The number of nitrogen functional groups attached to an aromatic ring is 1. The van der Waals surface area contributed by atoms with Gasteiger partial charge in [0.1, 0.15) is 17.1 Å². The summed E-state index contributed by atoms with van der Waals surface area (Å²) in [5, 5.41) is 7.73. The number of nitrogens with one attached hydrogen (secondary N) is 1. The Labute approximate surface area is 185 Å². The van der Waals surface area contributed by atoms with Crippen molar-refractivity contribution in [2.75, 3.05) is 32.6 Å². The van der Waals surface area contributed by atoms with Crippen LogP contribution in [-0.4, -0.2) is 58.9 Å². The molecule has 3 N–H and O–H groups in total. The zero-order chi connectivity index (χ0) is 22.0. The third-order valence-corrected chi connectivity index (χ3v) is 5.80. The molecule has 1 aliphatic rings. The number of H-pyrrole nitrogens is 1. The first-order chi connectivity index (χ1) is 15.0. The van der Waals surface area contributed by atoms with E-state index in [4.69, 9.17) is 26.8 Å². The second-order valence-electron chi connectivity index (χ2n) is 7.45. The van der Waals surface area contributed by atoms with Crippen molar-refractivity contribution in [3.05, 3.63) is 58.4 Å². The Morgan fingerprint density at radius 1 is 1.39 bits per heavy atom. The molecule has 0 radical (unpaired) electrons. The molecule has 1 amide bonds. The minimum atomic E-state index is -0.182. The van der Waals surface area contributed by atoms with Crippen molar-refractivity contribution >= 4 is 23.2 Å². The molecule has 9 heteroatoms. The van der Waals surface area contributed by atoms with Gasteiger partial charge in [-0.1, -0.05) is 17.7 Å². The molecule has 1 fully saturated rings. The van der Waals surface area contributed by atoms with Crippen LogP contribution >= 0.6 is 11.6 Å². The summed E-state index contributed by atoms with van der Waals surface area (Å²) < 4.78 is 11.1. The smallest absolute Gasteiger partial charge is 0.272 e. The van der Waals surface area contributed by atoms with Crippen LogP contribution in [0.3, 0.4) is 0 Å². The van der Waals surface area contributed by atoms with Crippen LogP contribution in [0.25, 0.3) is 11.4 Å². The number of methoxy groups -OCH3 is 1. The van der Waals surface area contributed by atoms with Crippen LogP contribution in [0.4, 0.5) is 5.69 Å². The van der Waals surface area contributed by atoms with Crippen LogP contribution in [0.2, 0.25) is 5.02 Å². The number of anilines is 1. The van der Waals surface area contributed by atoms with E-state index in [0.717, 1.165) is 11.1 Å². The van der Waals surface area contributed by atoms with Gasteiger partial charge in [0.15, 0.2) is 0 Å². The molecule has 1 aliphatic heterocycles. The lowest BCUT2D eigenvalue weighted by atomic mass is 10.0. The second kappa shape index (κ2) is 8.95. The molecule has 1 saturated heterocycles. The molecule has 162 valence electrons. The van der Waals surface area contributed by atoms with E-state index in [2.05, 4.69) is 15.2 Å². The van der Waals surface area contributed by atoms with Crippen molar-refractivity contribution in [3.63, 3.8) is 0 Å². The lowest BCUT2D eigenvalue weighted by Gasteiger charge is -2.35. The summed E-state index contributed by atoms with van der Waals surface area (Å²) in [4.78, 5) is 19.4. The van der Waals surface area contributed by atoms with E-state index >= 15 is 0 Å². The number of hydrogen-bond donors (Lipinski definition) is 2. The third-order valence-electron chi connectivity index (χ3n) is 5.45. The average Bonchev–Trinajstić information content (AvgIpc) is 3.27. The summed E-state index contributed by atoms with van der Waals surface area (Å²) in [5.41, 5.74) is 9.85. The minimum absolute atomic E-state index is 0.148. The zero-order valence-corrected chi connectivity index (χ0v) is 18.1. The SMILES string of the molecule is COc1cccc(Cl)c1C[C@@H]1COCCN1C(=O)c1cc(-c2cc(C)c(N)cn2)n[nH]1. The van der Waals surface area contributed by atoms with Gasteiger partial charge < -0.3 is 20.1 Å². The number of aryl methyl sites for hydroxylation is 1. The molecule has 1 aromatic carbocycles. The quantitative estimate of drug-likeness (QED) is 0.630. The first-order valence-corrected chi connectivity index (χ1v) is 10.3. The molecule has 0 bridgehead atoms. The Morgan fingerprint density at radius 3 is 3.00 bits per heavy atom. The fraction of sp³-hybridized carbons (Fsp3) is 0.318. The van der Waals surface area contributed by atoms with Crippen molar-refractivity contribution in [1.82, 2.24) is 20.1 Å². The zero-order valence-electron chi connectivity index (χ0n) is 17.4. The number of carbonyl (C=O) groups excluding carboxylic acids is 1. The number of amides is 1. The second-order valence-corrected chi connectivity index (χ2v) is 7.85. The van der Waals surface area contributed by atoms with Gasteiger partial charge in [0.05, 0.1) is 43.9 Å². The van der Waals surface area contributed by atoms with Gasteiger partial charge in [-0.25, -0.2) is 0 Å². The largest absolute Gasteiger partial charge is 0.496 e. The van der Waals surface area contributed by atoms with E-state index in [1.165, 1.54) is 0 Å². The number of rotatable bonds is 5. The van der Waals surface area contributed by atoms with E-state index in [1.54, 1.807) is 24.3 Å². The first kappa shape index (κ1) is 21.1. The Hall–Kier alpha value is -3.10. The van der Waals surface area contributed by atoms with Gasteiger partial charge in [0, 0.05) is 23.6 Å². The summed E-state index contributed by atoms with van der Waals surface area (Å²) in [6, 6.07) is 8.89. The van der Waals surface area contributed by atoms with Gasteiger partial charge in [-0.15, -0.1) is 0 Å². The highest BCUT2D eigenvalue weighted by atomic mass is 35.5. The first-order valence-electron chi connectivity index (χ1n) is 9.96. The number of nitrogens with zero attached hydrogens (tertiary/aromatic N) is 3. The fourth-order valence-electron chi connectivity index (χ4n) is 3.68. The Kier molecular flexibility index (Phi) is 6.11. The molecule has 0 saturated carbocycles. The Morgan fingerprint density at radius 2 is 2.23 bits per heavy atom. The molecular formula is C22H24ClN5O3. The highest BCUT2D eigenvalue weighted by Gasteiger charge is 2.30. The minimum Gasteiger partial charge on any atom is -0.496 e. The molecular weight excluding hydrogens is 418 g/mol. The van der Waals surface area contributed by atoms with Crippen molar-refractivity contribution < 1.29 is 14.3 Å². The predicted molar refractivity (Wildman–Crippen MR) is 118 cm³/mol. The van der Waals surface area contributed by atoms with E-state index in [-0.39, 0.29) is 11.9 Å². The van der Waals surface area contributed by atoms with E-state index in [9.17, 15) is 4.79 Å². The van der Waals surface area contributed by atoms with Crippen LogP contribution in [-0.2, 0) is 11.2 Å². The number of pyridine rings is 1. The number of benzene rings is 1.